The summed E-state index contributed by atoms with van der Waals surface area (Å²) >= 11 is 0. The second-order valence-corrected chi connectivity index (χ2v) is 10.2. The van der Waals surface area contributed by atoms with Gasteiger partial charge in [0.15, 0.2) is 0 Å². The lowest BCUT2D eigenvalue weighted by molar-refractivity contribution is -0.0227. The molecular weight excluding hydrogens is 429 g/mol. The molecule has 0 amide bonds. The van der Waals surface area contributed by atoms with Gasteiger partial charge < -0.3 is 30.2 Å². The molecule has 196 valence electrons. The smallest absolute Gasteiger partial charge is 0.391 e. The van der Waals surface area contributed by atoms with Crippen LogP contribution in [0.4, 0.5) is 0 Å². The van der Waals surface area contributed by atoms with Crippen LogP contribution < -0.4 is 5.32 Å². The zero-order valence-corrected chi connectivity index (χ0v) is 22.2. The predicted octanol–water partition coefficient (Wildman–Crippen LogP) is 5.43. The largest absolute Gasteiger partial charge is 0.466 e. The highest BCUT2D eigenvalue weighted by Gasteiger charge is 2.38. The van der Waals surface area contributed by atoms with Gasteiger partial charge >= 0.3 is 7.82 Å². The molecule has 8 heteroatoms. The summed E-state index contributed by atoms with van der Waals surface area (Å²) in [6.07, 6.45) is 19.1. The Morgan fingerprint density at radius 2 is 0.969 bits per heavy atom. The first-order valence-electron chi connectivity index (χ1n) is 12.9. The third kappa shape index (κ3) is 21.8. The summed E-state index contributed by atoms with van der Waals surface area (Å²) in [5.74, 6) is 0. The van der Waals surface area contributed by atoms with Gasteiger partial charge in [-0.3, -0.25) is 0 Å². The summed E-state index contributed by atoms with van der Waals surface area (Å²) in [6.45, 7) is 9.03. The van der Waals surface area contributed by atoms with Crippen LogP contribution in [0, 0.1) is 0 Å². The van der Waals surface area contributed by atoms with Crippen LogP contribution in [0.15, 0.2) is 0 Å². The molecule has 2 unspecified atom stereocenters. The summed E-state index contributed by atoms with van der Waals surface area (Å²) in [4.78, 5) is 21.6. The van der Waals surface area contributed by atoms with E-state index < -0.39 is 25.6 Å². The van der Waals surface area contributed by atoms with E-state index in [2.05, 4.69) is 19.2 Å². The fourth-order valence-corrected chi connectivity index (χ4v) is 4.11. The van der Waals surface area contributed by atoms with Crippen LogP contribution in [-0.2, 0) is 4.57 Å². The number of unbranched alkanes of at least 4 members (excludes halogenated alkanes) is 13. The Morgan fingerprint density at radius 1 is 0.656 bits per heavy atom. The molecule has 0 fully saturated rings. The van der Waals surface area contributed by atoms with Crippen molar-refractivity contribution in [3.05, 3.63) is 0 Å². The van der Waals surface area contributed by atoms with Crippen LogP contribution in [0.25, 0.3) is 0 Å². The van der Waals surface area contributed by atoms with Gasteiger partial charge in [-0.2, -0.15) is 0 Å². The second-order valence-electron chi connectivity index (χ2n) is 9.18. The lowest BCUT2D eigenvalue weighted by atomic mass is 9.82. The number of phosphoric acid groups is 1. The van der Waals surface area contributed by atoms with Gasteiger partial charge in [0, 0.05) is 0 Å². The standard InChI is InChI=1S/C24H51NO2.H3O4P/c1-5-7-9-11-12-13-14-15-17-19-21-25-24(22(3)26,23(4)27)20-18-16-10-8-6-2;1-5(2,3)4/h22-23,25-27H,5-21H2,1-4H3;(H3,1,2,3,4). The summed E-state index contributed by atoms with van der Waals surface area (Å²) in [5.41, 5.74) is -0.550. The molecule has 0 aromatic heterocycles. The predicted molar refractivity (Wildman–Crippen MR) is 134 cm³/mol. The van der Waals surface area contributed by atoms with Gasteiger partial charge in [-0.15, -0.1) is 0 Å². The molecule has 0 radical (unpaired) electrons. The topological polar surface area (TPSA) is 130 Å². The van der Waals surface area contributed by atoms with E-state index >= 15 is 0 Å². The zero-order chi connectivity index (χ0) is 24.9. The molecule has 0 saturated heterocycles. The maximum Gasteiger partial charge on any atom is 0.466 e. The van der Waals surface area contributed by atoms with E-state index in [4.69, 9.17) is 19.2 Å². The number of aliphatic hydroxyl groups is 2. The Bertz CT molecular complexity index is 426. The lowest BCUT2D eigenvalue weighted by Gasteiger charge is -2.40. The molecule has 0 rings (SSSR count). The van der Waals surface area contributed by atoms with Gasteiger partial charge in [-0.1, -0.05) is 104 Å². The molecule has 0 bridgehead atoms. The van der Waals surface area contributed by atoms with Gasteiger partial charge in [0.25, 0.3) is 0 Å². The molecule has 7 nitrogen and oxygen atoms in total. The molecule has 0 heterocycles. The second kappa shape index (κ2) is 21.5. The van der Waals surface area contributed by atoms with Crippen molar-refractivity contribution in [1.29, 1.82) is 0 Å². The minimum atomic E-state index is -4.64. The monoisotopic (exact) mass is 483 g/mol. The van der Waals surface area contributed by atoms with Crippen molar-refractivity contribution in [3.8, 4) is 0 Å². The van der Waals surface area contributed by atoms with Gasteiger partial charge in [-0.05, 0) is 33.2 Å². The van der Waals surface area contributed by atoms with Crippen molar-refractivity contribution in [2.45, 2.75) is 148 Å². The quantitative estimate of drug-likeness (QED) is 0.101. The van der Waals surface area contributed by atoms with Gasteiger partial charge in [0.1, 0.15) is 0 Å². The highest BCUT2D eigenvalue weighted by Crippen LogP contribution is 2.26. The normalized spacial score (nSPS) is 15.5. The summed E-state index contributed by atoms with van der Waals surface area (Å²) in [7, 11) is -4.64. The number of aliphatic hydroxyl groups excluding tert-OH is 2. The Kier molecular flexibility index (Phi) is 23.0. The van der Waals surface area contributed by atoms with Crippen molar-refractivity contribution in [2.24, 2.45) is 0 Å². The lowest BCUT2D eigenvalue weighted by Crippen LogP contribution is -2.60. The van der Waals surface area contributed by atoms with Crippen molar-refractivity contribution >= 4 is 7.82 Å². The first-order chi connectivity index (χ1) is 15.0. The first-order valence-corrected chi connectivity index (χ1v) is 14.5. The first kappa shape index (κ1) is 34.2. The van der Waals surface area contributed by atoms with Crippen LogP contribution in [0.3, 0.4) is 0 Å². The summed E-state index contributed by atoms with van der Waals surface area (Å²) in [6, 6.07) is 0. The van der Waals surface area contributed by atoms with Crippen LogP contribution in [0.2, 0.25) is 0 Å². The average molecular weight is 484 g/mol. The molecule has 0 aliphatic rings. The summed E-state index contributed by atoms with van der Waals surface area (Å²) < 4.78 is 8.88. The Labute approximate surface area is 197 Å². The Balaban J connectivity index is 0. The molecule has 32 heavy (non-hydrogen) atoms. The third-order valence-corrected chi connectivity index (χ3v) is 6.17. The van der Waals surface area contributed by atoms with E-state index in [0.29, 0.717) is 0 Å². The minimum Gasteiger partial charge on any atom is -0.391 e. The Hall–Kier alpha value is -0.0100. The Morgan fingerprint density at radius 3 is 1.31 bits per heavy atom. The van der Waals surface area contributed by atoms with E-state index in [0.717, 1.165) is 25.8 Å². The maximum absolute atomic E-state index is 10.4. The van der Waals surface area contributed by atoms with Crippen LogP contribution in [0.5, 0.6) is 0 Å². The number of rotatable bonds is 20. The number of hydrogen-bond acceptors (Lipinski definition) is 4. The minimum absolute atomic E-state index is 0.535. The molecular formula is C24H54NO6P. The van der Waals surface area contributed by atoms with Gasteiger partial charge in [-0.25, -0.2) is 4.57 Å². The van der Waals surface area contributed by atoms with Crippen LogP contribution >= 0.6 is 7.82 Å². The maximum atomic E-state index is 10.4. The number of nitrogens with one attached hydrogen (secondary N) is 1. The molecule has 0 aliphatic carbocycles. The van der Waals surface area contributed by atoms with Crippen molar-refractivity contribution in [2.75, 3.05) is 6.54 Å². The van der Waals surface area contributed by atoms with E-state index in [9.17, 15) is 10.2 Å². The van der Waals surface area contributed by atoms with E-state index in [-0.39, 0.29) is 0 Å². The molecule has 0 aliphatic heterocycles. The molecule has 0 saturated carbocycles. The third-order valence-electron chi connectivity index (χ3n) is 6.17. The highest BCUT2D eigenvalue weighted by atomic mass is 31.2. The van der Waals surface area contributed by atoms with Crippen molar-refractivity contribution in [1.82, 2.24) is 5.32 Å². The fraction of sp³-hybridized carbons (Fsp3) is 1.00. The zero-order valence-electron chi connectivity index (χ0n) is 21.3. The van der Waals surface area contributed by atoms with E-state index in [1.54, 1.807) is 0 Å². The van der Waals surface area contributed by atoms with Crippen LogP contribution in [0.1, 0.15) is 130 Å². The fourth-order valence-electron chi connectivity index (χ4n) is 4.11. The van der Waals surface area contributed by atoms with Gasteiger partial charge in [0.05, 0.1) is 17.7 Å². The molecule has 2 atom stereocenters. The van der Waals surface area contributed by atoms with Crippen LogP contribution in [-0.4, -0.2) is 49.2 Å². The molecule has 0 aromatic carbocycles. The SMILES string of the molecule is CCCCCCCCCCCCNC(CCCCCCC)(C(C)O)C(C)O.O=P(O)(O)O. The molecule has 6 N–H and O–H groups in total. The molecule has 0 spiro atoms. The van der Waals surface area contributed by atoms with Crippen molar-refractivity contribution < 1.29 is 29.5 Å². The average Bonchev–Trinajstić information content (AvgIpc) is 2.68. The highest BCUT2D eigenvalue weighted by molar-refractivity contribution is 7.45. The van der Waals surface area contributed by atoms with E-state index in [1.807, 2.05) is 13.8 Å². The van der Waals surface area contributed by atoms with Crippen molar-refractivity contribution in [3.63, 3.8) is 0 Å². The van der Waals surface area contributed by atoms with Gasteiger partial charge in [0.2, 0.25) is 0 Å². The van der Waals surface area contributed by atoms with E-state index in [1.165, 1.54) is 83.5 Å². The molecule has 0 aromatic rings. The summed E-state index contributed by atoms with van der Waals surface area (Å²) in [5, 5.41) is 24.3. The number of hydrogen-bond donors (Lipinski definition) is 6.